The monoisotopic (exact) mass is 371 g/mol. The smallest absolute Gasteiger partial charge is 0.220 e. The Morgan fingerprint density at radius 1 is 1.09 bits per heavy atom. The molecule has 2 rings (SSSR count). The Hall–Kier alpha value is -0.380. The van der Waals surface area contributed by atoms with Crippen molar-refractivity contribution >= 4 is 28.1 Å². The molecule has 4 heteroatoms. The molecule has 1 N–H and O–H groups in total. The molecule has 0 bridgehead atoms. The van der Waals surface area contributed by atoms with Crippen LogP contribution in [0.1, 0.15) is 77.0 Å². The first kappa shape index (κ1) is 18.0. The molecule has 0 radical (unpaired) electrons. The first-order chi connectivity index (χ1) is 10.7. The van der Waals surface area contributed by atoms with Gasteiger partial charge in [-0.3, -0.25) is 4.79 Å². The molecule has 22 heavy (non-hydrogen) atoms. The van der Waals surface area contributed by atoms with Crippen LogP contribution in [0.5, 0.6) is 0 Å². The van der Waals surface area contributed by atoms with Crippen LogP contribution < -0.4 is 5.32 Å². The third kappa shape index (κ3) is 6.02. The zero-order valence-corrected chi connectivity index (χ0v) is 15.2. The van der Waals surface area contributed by atoms with Gasteiger partial charge in [-0.1, -0.05) is 60.9 Å². The third-order valence-corrected chi connectivity index (χ3v) is 6.35. The van der Waals surface area contributed by atoms with Crippen molar-refractivity contribution in [1.82, 2.24) is 5.32 Å². The fourth-order valence-electron chi connectivity index (χ4n) is 3.91. The van der Waals surface area contributed by atoms with Crippen molar-refractivity contribution < 1.29 is 9.59 Å². The van der Waals surface area contributed by atoms with Gasteiger partial charge in [-0.25, -0.2) is 0 Å². The molecule has 3 nitrogen and oxygen atoms in total. The molecular formula is C18H30BrNO2. The Kier molecular flexibility index (Phi) is 7.91. The lowest BCUT2D eigenvalue weighted by atomic mass is 9.85. The van der Waals surface area contributed by atoms with E-state index in [1.54, 1.807) is 0 Å². The zero-order valence-electron chi connectivity index (χ0n) is 13.6. The summed E-state index contributed by atoms with van der Waals surface area (Å²) in [5.41, 5.74) is 0. The Bertz CT molecular complexity index is 355. The lowest BCUT2D eigenvalue weighted by Crippen LogP contribution is -2.44. The van der Waals surface area contributed by atoms with Gasteiger partial charge in [-0.05, 0) is 31.6 Å². The van der Waals surface area contributed by atoms with Crippen LogP contribution in [0.25, 0.3) is 0 Å². The van der Waals surface area contributed by atoms with Crippen molar-refractivity contribution in [3.63, 3.8) is 0 Å². The number of halogens is 1. The average Bonchev–Trinajstić information content (AvgIpc) is 2.54. The van der Waals surface area contributed by atoms with Crippen LogP contribution in [0, 0.1) is 11.8 Å². The second kappa shape index (κ2) is 9.69. The summed E-state index contributed by atoms with van der Waals surface area (Å²) in [5, 5.41) is 3.15. The maximum Gasteiger partial charge on any atom is 0.220 e. The van der Waals surface area contributed by atoms with E-state index in [4.69, 9.17) is 0 Å². The van der Waals surface area contributed by atoms with Crippen LogP contribution in [0.3, 0.4) is 0 Å². The topological polar surface area (TPSA) is 46.2 Å². The molecule has 2 fully saturated rings. The van der Waals surface area contributed by atoms with Crippen molar-refractivity contribution in [1.29, 1.82) is 0 Å². The molecule has 0 heterocycles. The summed E-state index contributed by atoms with van der Waals surface area (Å²) in [6.45, 7) is 0. The quantitative estimate of drug-likeness (QED) is 0.410. The average molecular weight is 372 g/mol. The SMILES string of the molecule is O=CC1CCC(NC(=O)CCCCC2CCCCC2)C(Br)C1. The number of unbranched alkanes of at least 4 members (excludes halogenated alkanes) is 1. The number of nitrogens with one attached hydrogen (secondary N) is 1. The summed E-state index contributed by atoms with van der Waals surface area (Å²) in [4.78, 5) is 23.1. The summed E-state index contributed by atoms with van der Waals surface area (Å²) in [6.07, 6.45) is 14.9. The van der Waals surface area contributed by atoms with Gasteiger partial charge in [-0.15, -0.1) is 0 Å². The molecular weight excluding hydrogens is 342 g/mol. The van der Waals surface area contributed by atoms with Gasteiger partial charge >= 0.3 is 0 Å². The predicted octanol–water partition coefficient (Wildman–Crippen LogP) is 4.37. The Balaban J connectivity index is 1.56. The van der Waals surface area contributed by atoms with Crippen molar-refractivity contribution in [3.05, 3.63) is 0 Å². The fourth-order valence-corrected chi connectivity index (χ4v) is 4.78. The standard InChI is InChI=1S/C18H30BrNO2/c19-16-12-15(13-21)10-11-17(16)20-18(22)9-5-4-8-14-6-2-1-3-7-14/h13-17H,1-12H2,(H,20,22). The van der Waals surface area contributed by atoms with Gasteiger partial charge in [0.1, 0.15) is 6.29 Å². The van der Waals surface area contributed by atoms with Crippen LogP contribution in [0.15, 0.2) is 0 Å². The van der Waals surface area contributed by atoms with Crippen LogP contribution in [-0.2, 0) is 9.59 Å². The van der Waals surface area contributed by atoms with E-state index in [0.717, 1.165) is 37.9 Å². The predicted molar refractivity (Wildman–Crippen MR) is 93.1 cm³/mol. The van der Waals surface area contributed by atoms with Gasteiger partial charge in [0.15, 0.2) is 0 Å². The molecule has 126 valence electrons. The minimum absolute atomic E-state index is 0.160. The Labute approximate surface area is 143 Å². The molecule has 0 aromatic heterocycles. The molecule has 2 aliphatic carbocycles. The van der Waals surface area contributed by atoms with E-state index in [-0.39, 0.29) is 22.7 Å². The summed E-state index contributed by atoms with van der Waals surface area (Å²) < 4.78 is 0. The zero-order chi connectivity index (χ0) is 15.8. The highest BCUT2D eigenvalue weighted by atomic mass is 79.9. The van der Waals surface area contributed by atoms with E-state index in [9.17, 15) is 9.59 Å². The first-order valence-corrected chi connectivity index (χ1v) is 9.99. The van der Waals surface area contributed by atoms with Gasteiger partial charge in [-0.2, -0.15) is 0 Å². The molecule has 0 aromatic carbocycles. The van der Waals surface area contributed by atoms with Crippen LogP contribution in [0.4, 0.5) is 0 Å². The molecule has 0 saturated heterocycles. The van der Waals surface area contributed by atoms with Gasteiger partial charge in [0.05, 0.1) is 0 Å². The highest BCUT2D eigenvalue weighted by Crippen LogP contribution is 2.29. The molecule has 0 aromatic rings. The molecule has 1 amide bonds. The molecule has 3 atom stereocenters. The summed E-state index contributed by atoms with van der Waals surface area (Å²) in [7, 11) is 0. The van der Waals surface area contributed by atoms with Crippen molar-refractivity contribution in [2.24, 2.45) is 11.8 Å². The number of aldehydes is 1. The lowest BCUT2D eigenvalue weighted by molar-refractivity contribution is -0.122. The Morgan fingerprint density at radius 2 is 1.86 bits per heavy atom. The molecule has 0 aliphatic heterocycles. The first-order valence-electron chi connectivity index (χ1n) is 9.07. The number of carbonyl (C=O) groups excluding carboxylic acids is 2. The van der Waals surface area contributed by atoms with Gasteiger partial charge in [0.25, 0.3) is 0 Å². The van der Waals surface area contributed by atoms with E-state index in [0.29, 0.717) is 6.42 Å². The minimum Gasteiger partial charge on any atom is -0.352 e. The van der Waals surface area contributed by atoms with E-state index in [1.807, 2.05) is 0 Å². The Morgan fingerprint density at radius 3 is 2.55 bits per heavy atom. The van der Waals surface area contributed by atoms with Gasteiger partial charge in [0, 0.05) is 23.2 Å². The summed E-state index contributed by atoms with van der Waals surface area (Å²) in [5.74, 6) is 1.26. The number of carbonyl (C=O) groups is 2. The highest BCUT2D eigenvalue weighted by molar-refractivity contribution is 9.09. The van der Waals surface area contributed by atoms with E-state index in [2.05, 4.69) is 21.2 Å². The van der Waals surface area contributed by atoms with Crippen LogP contribution >= 0.6 is 15.9 Å². The van der Waals surface area contributed by atoms with Gasteiger partial charge in [0.2, 0.25) is 5.91 Å². The molecule has 2 saturated carbocycles. The van der Waals surface area contributed by atoms with Crippen molar-refractivity contribution in [2.75, 3.05) is 0 Å². The molecule has 3 unspecified atom stereocenters. The van der Waals surface area contributed by atoms with Crippen molar-refractivity contribution in [3.8, 4) is 0 Å². The second-order valence-electron chi connectivity index (χ2n) is 7.15. The van der Waals surface area contributed by atoms with E-state index in [1.165, 1.54) is 44.9 Å². The number of alkyl halides is 1. The van der Waals surface area contributed by atoms with Crippen LogP contribution in [-0.4, -0.2) is 23.1 Å². The van der Waals surface area contributed by atoms with E-state index < -0.39 is 0 Å². The van der Waals surface area contributed by atoms with Crippen LogP contribution in [0.2, 0.25) is 0 Å². The van der Waals surface area contributed by atoms with E-state index >= 15 is 0 Å². The van der Waals surface area contributed by atoms with Gasteiger partial charge < -0.3 is 10.1 Å². The maximum atomic E-state index is 12.1. The maximum absolute atomic E-state index is 12.1. The lowest BCUT2D eigenvalue weighted by Gasteiger charge is -2.31. The number of hydrogen-bond acceptors (Lipinski definition) is 2. The highest BCUT2D eigenvalue weighted by Gasteiger charge is 2.29. The molecule has 2 aliphatic rings. The molecule has 0 spiro atoms. The second-order valence-corrected chi connectivity index (χ2v) is 8.33. The summed E-state index contributed by atoms with van der Waals surface area (Å²) >= 11 is 3.62. The largest absolute Gasteiger partial charge is 0.352 e. The number of hydrogen-bond donors (Lipinski definition) is 1. The normalized spacial score (nSPS) is 30.0. The van der Waals surface area contributed by atoms with Crippen molar-refractivity contribution in [2.45, 2.75) is 87.9 Å². The minimum atomic E-state index is 0.160. The fraction of sp³-hybridized carbons (Fsp3) is 0.889. The summed E-state index contributed by atoms with van der Waals surface area (Å²) in [6, 6.07) is 0.196. The number of rotatable bonds is 7. The number of amides is 1. The third-order valence-electron chi connectivity index (χ3n) is 5.34.